The van der Waals surface area contributed by atoms with Gasteiger partial charge in [0, 0.05) is 4.75 Å². The quantitative estimate of drug-likeness (QED) is 0.335. The molecule has 4 atom stereocenters. The molecule has 1 aromatic heterocycles. The van der Waals surface area contributed by atoms with Gasteiger partial charge in [0.1, 0.15) is 12.0 Å². The van der Waals surface area contributed by atoms with Gasteiger partial charge in [0.2, 0.25) is 11.7 Å². The number of aliphatic hydroxyl groups excluding tert-OH is 1. The Morgan fingerprint density at radius 2 is 2.09 bits per heavy atom. The number of thioether (sulfide) groups is 1. The zero-order valence-electron chi connectivity index (χ0n) is 12.9. The van der Waals surface area contributed by atoms with Gasteiger partial charge in [-0.3, -0.25) is 9.59 Å². The Balaban J connectivity index is 0.00000192. The van der Waals surface area contributed by atoms with E-state index in [1.165, 1.54) is 28.0 Å². The van der Waals surface area contributed by atoms with Crippen molar-refractivity contribution in [1.82, 2.24) is 4.90 Å². The van der Waals surface area contributed by atoms with E-state index in [2.05, 4.69) is 0 Å². The predicted molar refractivity (Wildman–Crippen MR) is 79.2 cm³/mol. The van der Waals surface area contributed by atoms with Crippen molar-refractivity contribution in [1.29, 1.82) is 0 Å². The van der Waals surface area contributed by atoms with Gasteiger partial charge in [-0.15, -0.1) is 23.1 Å². The second-order valence-electron chi connectivity index (χ2n) is 5.89. The number of carboxylic acids is 1. The number of amides is 1. The summed E-state index contributed by atoms with van der Waals surface area (Å²) >= 11 is 2.48. The average Bonchev–Trinajstić information content (AvgIpc) is 3.02. The zero-order valence-corrected chi connectivity index (χ0v) is 17.6. The fourth-order valence-corrected chi connectivity index (χ4v) is 5.45. The number of carbonyl (C=O) groups excluding carboxylic acids is 3. The van der Waals surface area contributed by atoms with Gasteiger partial charge >= 0.3 is 51.4 Å². The minimum atomic E-state index is -1.45. The summed E-state index contributed by atoms with van der Waals surface area (Å²) in [5.41, 5.74) is 0. The summed E-state index contributed by atoms with van der Waals surface area (Å²) in [5.74, 6) is -3.22. The SMILES string of the molecule is CC1(C)S[C@@H]2[C@H](C(O)C(=O)c3cccs3)C(=O)N2[C@H]1C(=O)[O-].[K+]. The van der Waals surface area contributed by atoms with Gasteiger partial charge in [-0.2, -0.15) is 0 Å². The number of aliphatic hydroxyl groups is 1. The van der Waals surface area contributed by atoms with Crippen LogP contribution in [0, 0.1) is 5.92 Å². The van der Waals surface area contributed by atoms with E-state index in [1.807, 2.05) is 0 Å². The Hall–Kier alpha value is 0.256. The van der Waals surface area contributed by atoms with E-state index >= 15 is 0 Å². The molecule has 9 heteroatoms. The molecule has 2 saturated heterocycles. The van der Waals surface area contributed by atoms with Crippen molar-refractivity contribution in [3.05, 3.63) is 22.4 Å². The van der Waals surface area contributed by atoms with Crippen LogP contribution in [0.15, 0.2) is 17.5 Å². The Labute approximate surface area is 184 Å². The first-order chi connectivity index (χ1) is 10.3. The molecule has 0 bridgehead atoms. The number of carbonyl (C=O) groups is 3. The number of thiophene rings is 1. The van der Waals surface area contributed by atoms with Crippen LogP contribution in [-0.4, -0.2) is 49.9 Å². The molecule has 2 fully saturated rings. The summed E-state index contributed by atoms with van der Waals surface area (Å²) in [6.07, 6.45) is -1.45. The van der Waals surface area contributed by atoms with E-state index in [1.54, 1.807) is 31.4 Å². The Morgan fingerprint density at radius 1 is 1.43 bits per heavy atom. The van der Waals surface area contributed by atoms with Crippen LogP contribution in [0.4, 0.5) is 0 Å². The minimum Gasteiger partial charge on any atom is -0.548 e. The summed E-state index contributed by atoms with van der Waals surface area (Å²) in [4.78, 5) is 37.4. The van der Waals surface area contributed by atoms with Crippen LogP contribution in [0.2, 0.25) is 0 Å². The molecule has 1 aromatic rings. The maximum atomic E-state index is 12.3. The molecule has 0 aliphatic carbocycles. The molecule has 1 amide bonds. The van der Waals surface area contributed by atoms with Crippen molar-refractivity contribution >= 4 is 40.8 Å². The molecule has 118 valence electrons. The van der Waals surface area contributed by atoms with Crippen molar-refractivity contribution in [3.8, 4) is 0 Å². The van der Waals surface area contributed by atoms with Crippen molar-refractivity contribution < 1.29 is 76.0 Å². The molecule has 2 aliphatic heterocycles. The average molecular weight is 380 g/mol. The number of hydrogen-bond acceptors (Lipinski definition) is 7. The van der Waals surface area contributed by atoms with Crippen molar-refractivity contribution in [2.45, 2.75) is 36.1 Å². The van der Waals surface area contributed by atoms with E-state index in [-0.39, 0.29) is 51.4 Å². The minimum absolute atomic E-state index is 0. The van der Waals surface area contributed by atoms with Crippen LogP contribution in [0.1, 0.15) is 23.5 Å². The van der Waals surface area contributed by atoms with Crippen LogP contribution in [0.5, 0.6) is 0 Å². The first-order valence-corrected chi connectivity index (χ1v) is 8.48. The normalized spacial score (nSPS) is 29.3. The summed E-state index contributed by atoms with van der Waals surface area (Å²) < 4.78 is -0.723. The van der Waals surface area contributed by atoms with Crippen molar-refractivity contribution in [2.75, 3.05) is 0 Å². The third-order valence-corrected chi connectivity index (χ3v) is 6.56. The van der Waals surface area contributed by atoms with E-state index in [4.69, 9.17) is 0 Å². The molecule has 6 nitrogen and oxygen atoms in total. The van der Waals surface area contributed by atoms with Crippen molar-refractivity contribution in [2.24, 2.45) is 5.92 Å². The van der Waals surface area contributed by atoms with Crippen LogP contribution in [0.25, 0.3) is 0 Å². The number of nitrogens with zero attached hydrogens (tertiary/aromatic N) is 1. The number of hydrogen-bond donors (Lipinski definition) is 1. The van der Waals surface area contributed by atoms with Crippen molar-refractivity contribution in [3.63, 3.8) is 0 Å². The first-order valence-electron chi connectivity index (χ1n) is 6.72. The van der Waals surface area contributed by atoms with Crippen LogP contribution in [-0.2, 0) is 9.59 Å². The fraction of sp³-hybridized carbons (Fsp3) is 0.500. The number of rotatable bonds is 4. The number of fused-ring (bicyclic) bond motifs is 1. The molecule has 23 heavy (non-hydrogen) atoms. The molecule has 0 spiro atoms. The maximum Gasteiger partial charge on any atom is 1.00 e. The fourth-order valence-electron chi connectivity index (χ4n) is 3.04. The van der Waals surface area contributed by atoms with Gasteiger partial charge in [0.05, 0.1) is 22.3 Å². The number of β-lactam (4-membered cyclic amide) rings is 1. The van der Waals surface area contributed by atoms with Crippen LogP contribution < -0.4 is 56.5 Å². The van der Waals surface area contributed by atoms with Gasteiger partial charge in [0.15, 0.2) is 0 Å². The third-order valence-electron chi connectivity index (χ3n) is 4.08. The molecular formula is C14H14KNO5S2. The predicted octanol–water partition coefficient (Wildman–Crippen LogP) is -3.28. The Morgan fingerprint density at radius 3 is 2.61 bits per heavy atom. The number of Topliss-reactive ketones (excluding diaryl/α,β-unsaturated/α-hetero) is 1. The smallest absolute Gasteiger partial charge is 0.548 e. The largest absolute Gasteiger partial charge is 1.00 e. The molecule has 3 heterocycles. The topological polar surface area (TPSA) is 97.7 Å². The summed E-state index contributed by atoms with van der Waals surface area (Å²) in [6.45, 7) is 3.43. The summed E-state index contributed by atoms with van der Waals surface area (Å²) in [7, 11) is 0. The van der Waals surface area contributed by atoms with E-state index in [0.717, 1.165) is 0 Å². The Kier molecular flexibility index (Phi) is 5.85. The monoisotopic (exact) mass is 379 g/mol. The molecule has 1 unspecified atom stereocenters. The number of ketones is 1. The zero-order chi connectivity index (χ0) is 16.2. The molecular weight excluding hydrogens is 365 g/mol. The van der Waals surface area contributed by atoms with Gasteiger partial charge in [-0.05, 0) is 25.3 Å². The van der Waals surface area contributed by atoms with Gasteiger partial charge < -0.3 is 19.9 Å². The molecule has 2 aliphatic rings. The summed E-state index contributed by atoms with van der Waals surface area (Å²) in [5, 5.41) is 22.8. The van der Waals surface area contributed by atoms with Gasteiger partial charge in [-0.1, -0.05) is 6.07 Å². The van der Waals surface area contributed by atoms with E-state index in [9.17, 15) is 24.6 Å². The van der Waals surface area contributed by atoms with E-state index < -0.39 is 45.8 Å². The maximum absolute atomic E-state index is 12.3. The second-order valence-corrected chi connectivity index (χ2v) is 8.61. The van der Waals surface area contributed by atoms with Crippen LogP contribution in [0.3, 0.4) is 0 Å². The second kappa shape index (κ2) is 6.87. The molecule has 3 rings (SSSR count). The molecule has 0 aromatic carbocycles. The number of aliphatic carboxylic acids is 1. The first kappa shape index (κ1) is 19.6. The van der Waals surface area contributed by atoms with Gasteiger partial charge in [-0.25, -0.2) is 0 Å². The molecule has 1 N–H and O–H groups in total. The Bertz CT molecular complexity index is 648. The summed E-state index contributed by atoms with van der Waals surface area (Å²) in [6, 6.07) is 2.24. The molecule has 0 saturated carbocycles. The standard InChI is InChI=1S/C14H15NO5S2.K/c1-14(2)10(13(19)20)15-11(18)7(12(15)22-14)9(17)8(16)6-4-3-5-21-6;/h3-5,7,9-10,12,17H,1-2H3,(H,19,20);/q;+1/p-1/t7-,9?,10+,12-;/m1./s1. The molecule has 0 radical (unpaired) electrons. The van der Waals surface area contributed by atoms with E-state index in [0.29, 0.717) is 4.88 Å². The van der Waals surface area contributed by atoms with Crippen LogP contribution >= 0.6 is 23.1 Å². The third kappa shape index (κ3) is 3.10. The van der Waals surface area contributed by atoms with Gasteiger partial charge in [0.25, 0.3) is 0 Å². The number of carboxylic acid groups (broad SMARTS) is 1.